The normalized spacial score (nSPS) is 18.6. The third-order valence-electron chi connectivity index (χ3n) is 3.36. The zero-order chi connectivity index (χ0) is 14.5. The van der Waals surface area contributed by atoms with E-state index in [1.807, 2.05) is 0 Å². The smallest absolute Gasteiger partial charge is 0.272 e. The number of carbonyl (C=O) groups is 1. The van der Waals surface area contributed by atoms with Crippen molar-refractivity contribution < 1.29 is 14.1 Å². The molecule has 1 fully saturated rings. The SMILES string of the molecule is O=C(NCC1CCCNC1)c1ccc([N+](=O)[O-])cc1F. The molecule has 1 unspecified atom stereocenters. The number of halogens is 1. The Bertz CT molecular complexity index is 516. The highest BCUT2D eigenvalue weighted by Gasteiger charge is 2.18. The molecule has 20 heavy (non-hydrogen) atoms. The van der Waals surface area contributed by atoms with Crippen LogP contribution in [-0.2, 0) is 0 Å². The molecule has 1 heterocycles. The van der Waals surface area contributed by atoms with Crippen molar-refractivity contribution in [1.82, 2.24) is 10.6 Å². The third kappa shape index (κ3) is 3.51. The van der Waals surface area contributed by atoms with Gasteiger partial charge in [-0.1, -0.05) is 0 Å². The van der Waals surface area contributed by atoms with Crippen LogP contribution in [0.2, 0.25) is 0 Å². The van der Waals surface area contributed by atoms with Crippen LogP contribution in [0.15, 0.2) is 18.2 Å². The van der Waals surface area contributed by atoms with Crippen LogP contribution < -0.4 is 10.6 Å². The van der Waals surface area contributed by atoms with Gasteiger partial charge >= 0.3 is 0 Å². The first-order valence-electron chi connectivity index (χ1n) is 6.51. The van der Waals surface area contributed by atoms with E-state index in [9.17, 15) is 19.3 Å². The molecule has 1 aromatic carbocycles. The second kappa shape index (κ2) is 6.42. The predicted octanol–water partition coefficient (Wildman–Crippen LogP) is 1.46. The molecule has 7 heteroatoms. The summed E-state index contributed by atoms with van der Waals surface area (Å²) in [5, 5.41) is 16.4. The van der Waals surface area contributed by atoms with Gasteiger partial charge in [0, 0.05) is 12.6 Å². The Hall–Kier alpha value is -2.02. The van der Waals surface area contributed by atoms with Crippen LogP contribution in [0.1, 0.15) is 23.2 Å². The maximum absolute atomic E-state index is 13.6. The second-order valence-electron chi connectivity index (χ2n) is 4.84. The molecule has 0 aromatic heterocycles. The van der Waals surface area contributed by atoms with E-state index in [1.54, 1.807) is 0 Å². The number of amides is 1. The van der Waals surface area contributed by atoms with E-state index in [0.717, 1.165) is 44.1 Å². The zero-order valence-electron chi connectivity index (χ0n) is 10.9. The monoisotopic (exact) mass is 281 g/mol. The number of piperidine rings is 1. The number of hydrogen-bond donors (Lipinski definition) is 2. The largest absolute Gasteiger partial charge is 0.352 e. The van der Waals surface area contributed by atoms with Gasteiger partial charge in [0.2, 0.25) is 0 Å². The molecule has 0 saturated carbocycles. The van der Waals surface area contributed by atoms with Crippen LogP contribution in [-0.4, -0.2) is 30.5 Å². The molecule has 0 bridgehead atoms. The molecule has 1 aromatic rings. The van der Waals surface area contributed by atoms with E-state index >= 15 is 0 Å². The number of nitrogens with one attached hydrogen (secondary N) is 2. The number of nitro groups is 1. The van der Waals surface area contributed by atoms with E-state index in [0.29, 0.717) is 12.5 Å². The summed E-state index contributed by atoms with van der Waals surface area (Å²) in [5.74, 6) is -1.07. The lowest BCUT2D eigenvalue weighted by Crippen LogP contribution is -2.38. The van der Waals surface area contributed by atoms with Crippen molar-refractivity contribution in [2.45, 2.75) is 12.8 Å². The van der Waals surface area contributed by atoms with Gasteiger partial charge in [-0.25, -0.2) is 4.39 Å². The van der Waals surface area contributed by atoms with Gasteiger partial charge in [0.15, 0.2) is 0 Å². The Morgan fingerprint density at radius 1 is 1.55 bits per heavy atom. The number of rotatable bonds is 4. The molecule has 2 N–H and O–H groups in total. The first-order chi connectivity index (χ1) is 9.58. The van der Waals surface area contributed by atoms with Gasteiger partial charge in [0.05, 0.1) is 16.6 Å². The van der Waals surface area contributed by atoms with E-state index in [1.165, 1.54) is 0 Å². The number of nitrogens with zero attached hydrogens (tertiary/aromatic N) is 1. The maximum atomic E-state index is 13.6. The van der Waals surface area contributed by atoms with E-state index in [-0.39, 0.29) is 11.3 Å². The van der Waals surface area contributed by atoms with Gasteiger partial charge < -0.3 is 10.6 Å². The number of carbonyl (C=O) groups excluding carboxylic acids is 1. The third-order valence-corrected chi connectivity index (χ3v) is 3.36. The Labute approximate surface area is 115 Å². The van der Waals surface area contributed by atoms with Crippen LogP contribution >= 0.6 is 0 Å². The summed E-state index contributed by atoms with van der Waals surface area (Å²) in [6.45, 7) is 2.30. The fourth-order valence-corrected chi connectivity index (χ4v) is 2.23. The Kier molecular flexibility index (Phi) is 4.62. The quantitative estimate of drug-likeness (QED) is 0.646. The van der Waals surface area contributed by atoms with Crippen molar-refractivity contribution in [3.8, 4) is 0 Å². The summed E-state index contributed by atoms with van der Waals surface area (Å²) in [5.41, 5.74) is -0.533. The number of non-ortho nitro benzene ring substituents is 1. The lowest BCUT2D eigenvalue weighted by molar-refractivity contribution is -0.385. The van der Waals surface area contributed by atoms with Crippen LogP contribution in [0.4, 0.5) is 10.1 Å². The molecule has 1 aliphatic rings. The minimum absolute atomic E-state index is 0.167. The number of hydrogen-bond acceptors (Lipinski definition) is 4. The minimum atomic E-state index is -0.876. The Morgan fingerprint density at radius 3 is 2.95 bits per heavy atom. The standard InChI is InChI=1S/C13H16FN3O3/c14-12-6-10(17(19)20)3-4-11(12)13(18)16-8-9-2-1-5-15-7-9/h3-4,6,9,15H,1-2,5,7-8H2,(H,16,18). The summed E-state index contributed by atoms with van der Waals surface area (Å²) in [7, 11) is 0. The van der Waals surface area contributed by atoms with Crippen LogP contribution in [0.25, 0.3) is 0 Å². The molecule has 0 radical (unpaired) electrons. The molecule has 6 nitrogen and oxygen atoms in total. The lowest BCUT2D eigenvalue weighted by atomic mass is 9.99. The Morgan fingerprint density at radius 2 is 2.35 bits per heavy atom. The van der Waals surface area contributed by atoms with Gasteiger partial charge in [-0.2, -0.15) is 0 Å². The average Bonchev–Trinajstić information content (AvgIpc) is 2.45. The van der Waals surface area contributed by atoms with Crippen molar-refractivity contribution in [3.63, 3.8) is 0 Å². The molecule has 108 valence electrons. The topological polar surface area (TPSA) is 84.3 Å². The van der Waals surface area contributed by atoms with Gasteiger partial charge in [0.1, 0.15) is 5.82 Å². The molecule has 1 atom stereocenters. The highest BCUT2D eigenvalue weighted by atomic mass is 19.1. The van der Waals surface area contributed by atoms with Crippen LogP contribution in [0, 0.1) is 21.8 Å². The highest BCUT2D eigenvalue weighted by Crippen LogP contribution is 2.16. The van der Waals surface area contributed by atoms with Crippen molar-refractivity contribution in [2.75, 3.05) is 19.6 Å². The van der Waals surface area contributed by atoms with Gasteiger partial charge in [-0.3, -0.25) is 14.9 Å². The van der Waals surface area contributed by atoms with Crippen molar-refractivity contribution >= 4 is 11.6 Å². The van der Waals surface area contributed by atoms with Crippen molar-refractivity contribution in [3.05, 3.63) is 39.7 Å². The van der Waals surface area contributed by atoms with E-state index in [4.69, 9.17) is 0 Å². The summed E-state index contributed by atoms with van der Waals surface area (Å²) < 4.78 is 13.6. The van der Waals surface area contributed by atoms with E-state index in [2.05, 4.69) is 10.6 Å². The molecule has 2 rings (SSSR count). The summed E-state index contributed by atoms with van der Waals surface area (Å²) in [4.78, 5) is 21.6. The van der Waals surface area contributed by atoms with Crippen molar-refractivity contribution in [1.29, 1.82) is 0 Å². The number of nitro benzene ring substituents is 1. The second-order valence-corrected chi connectivity index (χ2v) is 4.84. The molecular weight excluding hydrogens is 265 g/mol. The molecule has 0 spiro atoms. The molecule has 0 aliphatic carbocycles. The molecule has 1 aliphatic heterocycles. The number of benzene rings is 1. The van der Waals surface area contributed by atoms with Crippen molar-refractivity contribution in [2.24, 2.45) is 5.92 Å². The summed E-state index contributed by atoms with van der Waals surface area (Å²) in [6, 6.07) is 3.03. The summed E-state index contributed by atoms with van der Waals surface area (Å²) in [6.07, 6.45) is 2.09. The van der Waals surface area contributed by atoms with Gasteiger partial charge in [0.25, 0.3) is 11.6 Å². The average molecular weight is 281 g/mol. The summed E-state index contributed by atoms with van der Waals surface area (Å²) >= 11 is 0. The van der Waals surface area contributed by atoms with Gasteiger partial charge in [-0.05, 0) is 37.9 Å². The van der Waals surface area contributed by atoms with Crippen LogP contribution in [0.5, 0.6) is 0 Å². The lowest BCUT2D eigenvalue weighted by Gasteiger charge is -2.22. The fraction of sp³-hybridized carbons (Fsp3) is 0.462. The van der Waals surface area contributed by atoms with Crippen LogP contribution in [0.3, 0.4) is 0 Å². The highest BCUT2D eigenvalue weighted by molar-refractivity contribution is 5.94. The molecule has 1 saturated heterocycles. The maximum Gasteiger partial charge on any atom is 0.272 e. The van der Waals surface area contributed by atoms with E-state index < -0.39 is 16.6 Å². The minimum Gasteiger partial charge on any atom is -0.352 e. The Balaban J connectivity index is 1.96. The predicted molar refractivity (Wildman–Crippen MR) is 71.0 cm³/mol. The molecular formula is C13H16FN3O3. The first kappa shape index (κ1) is 14.4. The fourth-order valence-electron chi connectivity index (χ4n) is 2.23. The first-order valence-corrected chi connectivity index (χ1v) is 6.51. The zero-order valence-corrected chi connectivity index (χ0v) is 10.9. The van der Waals surface area contributed by atoms with Gasteiger partial charge in [-0.15, -0.1) is 0 Å². The molecule has 1 amide bonds.